The number of unbranched alkanes of at least 4 members (excludes halogenated alkanes) is 5. The van der Waals surface area contributed by atoms with Crippen LogP contribution in [0.2, 0.25) is 0 Å². The van der Waals surface area contributed by atoms with Crippen LogP contribution in [0.5, 0.6) is 11.5 Å². The van der Waals surface area contributed by atoms with E-state index in [1.807, 2.05) is 42.5 Å². The van der Waals surface area contributed by atoms with Gasteiger partial charge in [-0.1, -0.05) is 75.4 Å². The second-order valence-electron chi connectivity index (χ2n) is 8.93. The molecule has 0 radical (unpaired) electrons. The molecule has 4 heteroatoms. The van der Waals surface area contributed by atoms with E-state index in [1.54, 1.807) is 0 Å². The largest absolute Gasteiger partial charge is 0.457 e. The van der Waals surface area contributed by atoms with Gasteiger partial charge in [0.25, 0.3) is 0 Å². The Kier molecular flexibility index (Phi) is 8.03. The van der Waals surface area contributed by atoms with Crippen molar-refractivity contribution in [2.24, 2.45) is 5.73 Å². The third-order valence-corrected chi connectivity index (χ3v) is 6.23. The molecule has 0 fully saturated rings. The van der Waals surface area contributed by atoms with Crippen LogP contribution in [0, 0.1) is 0 Å². The molecule has 4 rings (SSSR count). The zero-order valence-corrected chi connectivity index (χ0v) is 20.0. The summed E-state index contributed by atoms with van der Waals surface area (Å²) in [6.45, 7) is 3.20. The molecule has 0 aliphatic rings. The molecule has 1 heterocycles. The Morgan fingerprint density at radius 2 is 1.56 bits per heavy atom. The van der Waals surface area contributed by atoms with E-state index in [2.05, 4.69) is 48.0 Å². The number of hydrogen-bond acceptors (Lipinski definition) is 2. The summed E-state index contributed by atoms with van der Waals surface area (Å²) in [7, 11) is 0. The predicted molar refractivity (Wildman–Crippen MR) is 140 cm³/mol. The molecule has 3 aromatic carbocycles. The summed E-state index contributed by atoms with van der Waals surface area (Å²) in [4.78, 5) is 11.8. The number of benzene rings is 3. The number of para-hydroxylation sites is 1. The molecule has 34 heavy (non-hydrogen) atoms. The Hall–Kier alpha value is -3.53. The molecule has 0 saturated heterocycles. The molecule has 0 atom stereocenters. The van der Waals surface area contributed by atoms with Crippen molar-refractivity contribution in [2.75, 3.05) is 0 Å². The van der Waals surface area contributed by atoms with Gasteiger partial charge >= 0.3 is 0 Å². The molecule has 2 N–H and O–H groups in total. The molecular formula is C30H34N2O2. The number of fused-ring (bicyclic) bond motifs is 1. The number of aryl methyl sites for hydroxylation is 1. The van der Waals surface area contributed by atoms with Gasteiger partial charge in [-0.25, -0.2) is 0 Å². The molecule has 0 spiro atoms. The molecule has 0 bridgehead atoms. The van der Waals surface area contributed by atoms with E-state index < -0.39 is 0 Å². The standard InChI is InChI=1S/C30H34N2O2/c1-2-3-4-5-6-10-18-32-22-25(21-30(31)33)28-20-24(16-17-29(28)32)23-12-11-15-27(19-23)34-26-13-8-7-9-14-26/h7-9,11-17,19-20,22H,2-6,10,18,21H2,1H3,(H2,31,33). The molecule has 0 saturated carbocycles. The molecule has 0 aliphatic carbocycles. The minimum atomic E-state index is -0.303. The number of rotatable bonds is 12. The molecule has 176 valence electrons. The molecule has 4 nitrogen and oxygen atoms in total. The van der Waals surface area contributed by atoms with Gasteiger partial charge in [-0.15, -0.1) is 0 Å². The number of carbonyl (C=O) groups is 1. The van der Waals surface area contributed by atoms with Crippen LogP contribution in [-0.2, 0) is 17.8 Å². The van der Waals surface area contributed by atoms with Gasteiger partial charge in [0.15, 0.2) is 0 Å². The monoisotopic (exact) mass is 454 g/mol. The fourth-order valence-electron chi connectivity index (χ4n) is 4.49. The summed E-state index contributed by atoms with van der Waals surface area (Å²) in [5.41, 5.74) is 9.89. The summed E-state index contributed by atoms with van der Waals surface area (Å²) in [6.07, 6.45) is 9.92. The van der Waals surface area contributed by atoms with Crippen LogP contribution in [0.3, 0.4) is 0 Å². The second kappa shape index (κ2) is 11.6. The third-order valence-electron chi connectivity index (χ3n) is 6.23. The summed E-state index contributed by atoms with van der Waals surface area (Å²) in [6, 6.07) is 24.4. The first-order valence-corrected chi connectivity index (χ1v) is 12.4. The van der Waals surface area contributed by atoms with Crippen molar-refractivity contribution in [3.8, 4) is 22.6 Å². The van der Waals surface area contributed by atoms with Crippen LogP contribution in [0.25, 0.3) is 22.0 Å². The normalized spacial score (nSPS) is 11.1. The average molecular weight is 455 g/mol. The SMILES string of the molecule is CCCCCCCCn1cc(CC(N)=O)c2cc(-c3cccc(Oc4ccccc4)c3)ccc21. The van der Waals surface area contributed by atoms with Gasteiger partial charge in [0.05, 0.1) is 6.42 Å². The summed E-state index contributed by atoms with van der Waals surface area (Å²) in [5.74, 6) is 1.30. The van der Waals surface area contributed by atoms with Crippen molar-refractivity contribution in [2.45, 2.75) is 58.4 Å². The van der Waals surface area contributed by atoms with E-state index in [-0.39, 0.29) is 12.3 Å². The first-order chi connectivity index (χ1) is 16.6. The maximum Gasteiger partial charge on any atom is 0.221 e. The van der Waals surface area contributed by atoms with Gasteiger partial charge in [-0.2, -0.15) is 0 Å². The van der Waals surface area contributed by atoms with E-state index in [0.29, 0.717) is 0 Å². The Bertz CT molecular complexity index is 1230. The zero-order valence-electron chi connectivity index (χ0n) is 20.0. The summed E-state index contributed by atoms with van der Waals surface area (Å²) >= 11 is 0. The van der Waals surface area contributed by atoms with Crippen LogP contribution >= 0.6 is 0 Å². The van der Waals surface area contributed by atoms with Crippen molar-refractivity contribution in [1.82, 2.24) is 4.57 Å². The quantitative estimate of drug-likeness (QED) is 0.225. The fourth-order valence-corrected chi connectivity index (χ4v) is 4.49. The minimum Gasteiger partial charge on any atom is -0.457 e. The number of nitrogens with two attached hydrogens (primary N) is 1. The number of nitrogens with zero attached hydrogens (tertiary/aromatic N) is 1. The van der Waals surface area contributed by atoms with Crippen LogP contribution in [-0.4, -0.2) is 10.5 Å². The fraction of sp³-hybridized carbons (Fsp3) is 0.300. The van der Waals surface area contributed by atoms with Gasteiger partial charge in [0.2, 0.25) is 5.91 Å². The lowest BCUT2D eigenvalue weighted by atomic mass is 10.0. The topological polar surface area (TPSA) is 57.2 Å². The van der Waals surface area contributed by atoms with E-state index in [9.17, 15) is 4.79 Å². The van der Waals surface area contributed by atoms with Gasteiger partial charge < -0.3 is 15.0 Å². The number of hydrogen-bond donors (Lipinski definition) is 1. The summed E-state index contributed by atoms with van der Waals surface area (Å²) in [5, 5.41) is 1.09. The molecular weight excluding hydrogens is 420 g/mol. The van der Waals surface area contributed by atoms with Crippen molar-refractivity contribution >= 4 is 16.8 Å². The van der Waals surface area contributed by atoms with Crippen LogP contribution < -0.4 is 10.5 Å². The molecule has 0 aliphatic heterocycles. The van der Waals surface area contributed by atoms with Crippen molar-refractivity contribution < 1.29 is 9.53 Å². The lowest BCUT2D eigenvalue weighted by molar-refractivity contribution is -0.117. The van der Waals surface area contributed by atoms with Gasteiger partial charge in [-0.05, 0) is 59.5 Å². The number of aromatic nitrogens is 1. The Morgan fingerprint density at radius 3 is 2.35 bits per heavy atom. The highest BCUT2D eigenvalue weighted by Crippen LogP contribution is 2.31. The zero-order chi connectivity index (χ0) is 23.8. The maximum absolute atomic E-state index is 11.8. The summed E-state index contributed by atoms with van der Waals surface area (Å²) < 4.78 is 8.31. The first kappa shape index (κ1) is 23.6. The number of carbonyl (C=O) groups excluding carboxylic acids is 1. The Balaban J connectivity index is 1.57. The lowest BCUT2D eigenvalue weighted by Gasteiger charge is -2.09. The molecule has 1 aromatic heterocycles. The number of primary amides is 1. The van der Waals surface area contributed by atoms with Crippen molar-refractivity contribution in [1.29, 1.82) is 0 Å². The Labute approximate surface area is 202 Å². The lowest BCUT2D eigenvalue weighted by Crippen LogP contribution is -2.13. The van der Waals surface area contributed by atoms with Gasteiger partial charge in [-0.3, -0.25) is 4.79 Å². The highest BCUT2D eigenvalue weighted by Gasteiger charge is 2.12. The molecule has 1 amide bonds. The second-order valence-corrected chi connectivity index (χ2v) is 8.93. The highest BCUT2D eigenvalue weighted by molar-refractivity contribution is 5.92. The highest BCUT2D eigenvalue weighted by atomic mass is 16.5. The van der Waals surface area contributed by atoms with E-state index >= 15 is 0 Å². The average Bonchev–Trinajstić information content (AvgIpc) is 3.18. The van der Waals surface area contributed by atoms with Crippen molar-refractivity contribution in [3.63, 3.8) is 0 Å². The molecule has 0 unspecified atom stereocenters. The van der Waals surface area contributed by atoms with Gasteiger partial charge in [0.1, 0.15) is 11.5 Å². The van der Waals surface area contributed by atoms with Crippen molar-refractivity contribution in [3.05, 3.63) is 84.6 Å². The van der Waals surface area contributed by atoms with Gasteiger partial charge in [0, 0.05) is 23.6 Å². The number of ether oxygens (including phenoxy) is 1. The molecule has 4 aromatic rings. The van der Waals surface area contributed by atoms with E-state index in [4.69, 9.17) is 10.5 Å². The van der Waals surface area contributed by atoms with E-state index in [1.165, 1.54) is 32.1 Å². The predicted octanol–water partition coefficient (Wildman–Crippen LogP) is 7.49. The smallest absolute Gasteiger partial charge is 0.221 e. The van der Waals surface area contributed by atoms with Crippen LogP contribution in [0.4, 0.5) is 0 Å². The minimum absolute atomic E-state index is 0.251. The van der Waals surface area contributed by atoms with Crippen LogP contribution in [0.15, 0.2) is 79.0 Å². The van der Waals surface area contributed by atoms with Crippen LogP contribution in [0.1, 0.15) is 51.0 Å². The van der Waals surface area contributed by atoms with E-state index in [0.717, 1.165) is 52.1 Å². The third kappa shape index (κ3) is 6.07. The Morgan fingerprint density at radius 1 is 0.824 bits per heavy atom. The number of amides is 1. The first-order valence-electron chi connectivity index (χ1n) is 12.4. The maximum atomic E-state index is 11.8.